The van der Waals surface area contributed by atoms with Crippen LogP contribution in [-0.2, 0) is 4.74 Å². The second kappa shape index (κ2) is 5.75. The highest BCUT2D eigenvalue weighted by Crippen LogP contribution is 2.38. The standard InChI is InChI=1S/C14H20BrN3O/c1-2-11-10(5-6-19-11)8-16-13-7-12(15)17-14(18-13)9-3-4-9/h7,9-11H,2-6,8H2,1H3,(H,16,17,18). The average molecular weight is 326 g/mol. The van der Waals surface area contributed by atoms with Crippen LogP contribution in [0.15, 0.2) is 10.7 Å². The summed E-state index contributed by atoms with van der Waals surface area (Å²) in [6.45, 7) is 4.02. The minimum Gasteiger partial charge on any atom is -0.378 e. The van der Waals surface area contributed by atoms with E-state index in [-0.39, 0.29) is 0 Å². The first-order valence-corrected chi connectivity index (χ1v) is 7.95. The van der Waals surface area contributed by atoms with Gasteiger partial charge in [-0.05, 0) is 41.6 Å². The fourth-order valence-corrected chi connectivity index (χ4v) is 3.06. The molecule has 1 saturated heterocycles. The molecule has 1 aliphatic heterocycles. The first-order valence-electron chi connectivity index (χ1n) is 7.16. The summed E-state index contributed by atoms with van der Waals surface area (Å²) in [5, 5.41) is 3.45. The van der Waals surface area contributed by atoms with Crippen molar-refractivity contribution >= 4 is 21.7 Å². The first kappa shape index (κ1) is 13.3. The second-order valence-electron chi connectivity index (χ2n) is 5.46. The van der Waals surface area contributed by atoms with Crippen molar-refractivity contribution < 1.29 is 4.74 Å². The first-order chi connectivity index (χ1) is 9.26. The smallest absolute Gasteiger partial charge is 0.135 e. The molecule has 0 bridgehead atoms. The van der Waals surface area contributed by atoms with Gasteiger partial charge in [-0.3, -0.25) is 0 Å². The average Bonchev–Trinajstić information content (AvgIpc) is 3.15. The van der Waals surface area contributed by atoms with Crippen molar-refractivity contribution in [2.45, 2.75) is 44.6 Å². The van der Waals surface area contributed by atoms with Crippen LogP contribution < -0.4 is 5.32 Å². The molecule has 1 saturated carbocycles. The Bertz CT molecular complexity index is 450. The second-order valence-corrected chi connectivity index (χ2v) is 6.27. The zero-order valence-corrected chi connectivity index (χ0v) is 12.8. The highest BCUT2D eigenvalue weighted by Gasteiger charge is 2.28. The Morgan fingerprint density at radius 3 is 2.95 bits per heavy atom. The van der Waals surface area contributed by atoms with Crippen LogP contribution in [0.3, 0.4) is 0 Å². The Morgan fingerprint density at radius 2 is 2.21 bits per heavy atom. The molecule has 2 heterocycles. The number of aromatic nitrogens is 2. The summed E-state index contributed by atoms with van der Waals surface area (Å²) in [5.41, 5.74) is 0. The Hall–Kier alpha value is -0.680. The van der Waals surface area contributed by atoms with E-state index in [4.69, 9.17) is 4.74 Å². The van der Waals surface area contributed by atoms with Crippen molar-refractivity contribution in [3.63, 3.8) is 0 Å². The number of halogens is 1. The molecule has 1 aromatic heterocycles. The lowest BCUT2D eigenvalue weighted by Crippen LogP contribution is -2.23. The third-order valence-corrected chi connectivity index (χ3v) is 4.36. The van der Waals surface area contributed by atoms with E-state index < -0.39 is 0 Å². The molecule has 104 valence electrons. The Labute approximate surface area is 122 Å². The largest absolute Gasteiger partial charge is 0.378 e. The van der Waals surface area contributed by atoms with Crippen molar-refractivity contribution in [2.24, 2.45) is 5.92 Å². The lowest BCUT2D eigenvalue weighted by Gasteiger charge is -2.17. The number of ether oxygens (including phenoxy) is 1. The van der Waals surface area contributed by atoms with E-state index in [9.17, 15) is 0 Å². The summed E-state index contributed by atoms with van der Waals surface area (Å²) >= 11 is 3.47. The number of hydrogen-bond acceptors (Lipinski definition) is 4. The molecule has 0 radical (unpaired) electrons. The van der Waals surface area contributed by atoms with E-state index in [2.05, 4.69) is 38.1 Å². The molecule has 0 amide bonds. The fourth-order valence-electron chi connectivity index (χ4n) is 2.66. The highest BCUT2D eigenvalue weighted by atomic mass is 79.9. The van der Waals surface area contributed by atoms with E-state index in [0.717, 1.165) is 42.2 Å². The molecule has 2 aliphatic rings. The zero-order chi connectivity index (χ0) is 13.2. The van der Waals surface area contributed by atoms with Crippen molar-refractivity contribution in [2.75, 3.05) is 18.5 Å². The molecule has 2 atom stereocenters. The van der Waals surface area contributed by atoms with Crippen LogP contribution in [0.25, 0.3) is 0 Å². The van der Waals surface area contributed by atoms with Crippen molar-refractivity contribution in [3.05, 3.63) is 16.5 Å². The van der Waals surface area contributed by atoms with E-state index in [1.165, 1.54) is 12.8 Å². The zero-order valence-electron chi connectivity index (χ0n) is 11.2. The predicted octanol–water partition coefficient (Wildman–Crippen LogP) is 3.34. The Balaban J connectivity index is 1.63. The topological polar surface area (TPSA) is 47.0 Å². The maximum atomic E-state index is 5.72. The highest BCUT2D eigenvalue weighted by molar-refractivity contribution is 9.10. The van der Waals surface area contributed by atoms with Crippen molar-refractivity contribution in [1.29, 1.82) is 0 Å². The van der Waals surface area contributed by atoms with Gasteiger partial charge in [0.05, 0.1) is 6.10 Å². The number of nitrogens with zero attached hydrogens (tertiary/aromatic N) is 2. The van der Waals surface area contributed by atoms with Crippen molar-refractivity contribution in [1.82, 2.24) is 9.97 Å². The monoisotopic (exact) mass is 325 g/mol. The lowest BCUT2D eigenvalue weighted by atomic mass is 10.00. The van der Waals surface area contributed by atoms with Crippen molar-refractivity contribution in [3.8, 4) is 0 Å². The van der Waals surface area contributed by atoms with Gasteiger partial charge in [-0.25, -0.2) is 9.97 Å². The number of anilines is 1. The summed E-state index contributed by atoms with van der Waals surface area (Å²) in [4.78, 5) is 9.06. The van der Waals surface area contributed by atoms with Crippen LogP contribution in [0, 0.1) is 5.92 Å². The van der Waals surface area contributed by atoms with Gasteiger partial charge >= 0.3 is 0 Å². The maximum absolute atomic E-state index is 5.72. The van der Waals surface area contributed by atoms with Gasteiger partial charge in [-0.2, -0.15) is 0 Å². The quantitative estimate of drug-likeness (QED) is 0.843. The fraction of sp³-hybridized carbons (Fsp3) is 0.714. The Morgan fingerprint density at radius 1 is 1.37 bits per heavy atom. The maximum Gasteiger partial charge on any atom is 0.135 e. The van der Waals surface area contributed by atoms with Crippen LogP contribution in [0.4, 0.5) is 5.82 Å². The van der Waals surface area contributed by atoms with Gasteiger partial charge in [0.15, 0.2) is 0 Å². The number of hydrogen-bond donors (Lipinski definition) is 1. The predicted molar refractivity (Wildman–Crippen MR) is 78.3 cm³/mol. The molecule has 5 heteroatoms. The molecule has 1 N–H and O–H groups in total. The van der Waals surface area contributed by atoms with E-state index >= 15 is 0 Å². The SMILES string of the molecule is CCC1OCCC1CNc1cc(Br)nc(C2CC2)n1. The number of rotatable bonds is 5. The summed E-state index contributed by atoms with van der Waals surface area (Å²) in [7, 11) is 0. The third-order valence-electron chi connectivity index (χ3n) is 3.95. The lowest BCUT2D eigenvalue weighted by molar-refractivity contribution is 0.0900. The Kier molecular flexibility index (Phi) is 4.03. The molecule has 1 aromatic rings. The summed E-state index contributed by atoms with van der Waals surface area (Å²) in [6.07, 6.45) is 5.09. The molecule has 4 nitrogen and oxygen atoms in total. The van der Waals surface area contributed by atoms with Gasteiger partial charge in [0.2, 0.25) is 0 Å². The van der Waals surface area contributed by atoms with Crippen LogP contribution in [-0.4, -0.2) is 29.2 Å². The van der Waals surface area contributed by atoms with Gasteiger partial charge in [-0.1, -0.05) is 6.92 Å². The molecule has 2 unspecified atom stereocenters. The van der Waals surface area contributed by atoms with Gasteiger partial charge in [0, 0.05) is 31.1 Å². The van der Waals surface area contributed by atoms with Crippen LogP contribution in [0.2, 0.25) is 0 Å². The summed E-state index contributed by atoms with van der Waals surface area (Å²) in [6, 6.07) is 1.96. The van der Waals surface area contributed by atoms with Gasteiger partial charge in [-0.15, -0.1) is 0 Å². The van der Waals surface area contributed by atoms with Gasteiger partial charge in [0.25, 0.3) is 0 Å². The molecular formula is C14H20BrN3O. The van der Waals surface area contributed by atoms with E-state index in [1.807, 2.05) is 6.07 Å². The molecule has 3 rings (SSSR count). The van der Waals surface area contributed by atoms with Crippen LogP contribution in [0.5, 0.6) is 0 Å². The molecule has 2 fully saturated rings. The van der Waals surface area contributed by atoms with E-state index in [0.29, 0.717) is 17.9 Å². The van der Waals surface area contributed by atoms with Crippen LogP contribution >= 0.6 is 15.9 Å². The van der Waals surface area contributed by atoms with Gasteiger partial charge < -0.3 is 10.1 Å². The minimum atomic E-state index is 0.403. The summed E-state index contributed by atoms with van der Waals surface area (Å²) in [5.74, 6) is 3.09. The van der Waals surface area contributed by atoms with Gasteiger partial charge in [0.1, 0.15) is 16.2 Å². The number of nitrogens with one attached hydrogen (secondary N) is 1. The van der Waals surface area contributed by atoms with Crippen LogP contribution in [0.1, 0.15) is 44.3 Å². The summed E-state index contributed by atoms with van der Waals surface area (Å²) < 4.78 is 6.59. The molecule has 0 aromatic carbocycles. The molecule has 1 aliphatic carbocycles. The molecule has 0 spiro atoms. The molecular weight excluding hydrogens is 306 g/mol. The minimum absolute atomic E-state index is 0.403. The normalized spacial score (nSPS) is 26.6. The van der Waals surface area contributed by atoms with E-state index in [1.54, 1.807) is 0 Å². The third kappa shape index (κ3) is 3.26. The molecule has 19 heavy (non-hydrogen) atoms.